The lowest BCUT2D eigenvalue weighted by atomic mass is 9.98. The van der Waals surface area contributed by atoms with Crippen LogP contribution >= 0.6 is 0 Å². The van der Waals surface area contributed by atoms with Gasteiger partial charge in [-0.3, -0.25) is 4.79 Å². The lowest BCUT2D eigenvalue weighted by Gasteiger charge is -2.38. The molecular weight excluding hydrogens is 330 g/mol. The normalized spacial score (nSPS) is 24.4. The van der Waals surface area contributed by atoms with Crippen LogP contribution in [0.25, 0.3) is 0 Å². The van der Waals surface area contributed by atoms with E-state index in [0.717, 1.165) is 37.8 Å². The van der Waals surface area contributed by atoms with E-state index in [1.54, 1.807) is 0 Å². The number of nitrogens with zero attached hydrogens (tertiary/aromatic N) is 1. The number of rotatable bonds is 6. The first-order valence-electron chi connectivity index (χ1n) is 9.61. The van der Waals surface area contributed by atoms with E-state index < -0.39 is 0 Å². The van der Waals surface area contributed by atoms with Gasteiger partial charge in [0.05, 0.1) is 6.61 Å². The van der Waals surface area contributed by atoms with Crippen LogP contribution in [0.5, 0.6) is 0 Å². The number of ether oxygens (including phenoxy) is 1. The zero-order valence-electron chi connectivity index (χ0n) is 15.7. The third-order valence-electron chi connectivity index (χ3n) is 5.37. The Labute approximate surface area is 155 Å². The smallest absolute Gasteiger partial charge is 0.410 e. The standard InChI is InChI=1S/C20H29N3O3/c1-3-26-20(25)23-17-8-9-18(23)13-16(12-17)21-10-11-22-19(24)15-6-4-14(2)5-7-15/h4-7,16-18,21H,3,8-13H2,1-2H3,(H,22,24). The molecule has 2 aliphatic heterocycles. The fourth-order valence-electron chi connectivity index (χ4n) is 4.10. The minimum Gasteiger partial charge on any atom is -0.450 e. The number of hydrogen-bond acceptors (Lipinski definition) is 4. The molecular formula is C20H29N3O3. The van der Waals surface area contributed by atoms with Gasteiger partial charge in [0.1, 0.15) is 0 Å². The average molecular weight is 359 g/mol. The Bertz CT molecular complexity index is 618. The molecule has 0 saturated carbocycles. The van der Waals surface area contributed by atoms with Crippen molar-refractivity contribution in [3.63, 3.8) is 0 Å². The summed E-state index contributed by atoms with van der Waals surface area (Å²) < 4.78 is 5.19. The van der Waals surface area contributed by atoms with Crippen LogP contribution in [0, 0.1) is 6.92 Å². The van der Waals surface area contributed by atoms with E-state index in [2.05, 4.69) is 10.6 Å². The summed E-state index contributed by atoms with van der Waals surface area (Å²) in [4.78, 5) is 26.1. The molecule has 26 heavy (non-hydrogen) atoms. The Balaban J connectivity index is 1.39. The highest BCUT2D eigenvalue weighted by Crippen LogP contribution is 2.36. The van der Waals surface area contributed by atoms with Crippen molar-refractivity contribution in [2.45, 2.75) is 57.7 Å². The first-order valence-corrected chi connectivity index (χ1v) is 9.61. The zero-order chi connectivity index (χ0) is 18.5. The molecule has 1 aromatic rings. The Morgan fingerprint density at radius 3 is 2.38 bits per heavy atom. The second kappa shape index (κ2) is 8.54. The predicted molar refractivity (Wildman–Crippen MR) is 100 cm³/mol. The number of aryl methyl sites for hydroxylation is 1. The van der Waals surface area contributed by atoms with Gasteiger partial charge in [-0.15, -0.1) is 0 Å². The van der Waals surface area contributed by atoms with E-state index >= 15 is 0 Å². The maximum atomic E-state index is 12.1. The Hall–Kier alpha value is -2.08. The maximum Gasteiger partial charge on any atom is 0.410 e. The van der Waals surface area contributed by atoms with Gasteiger partial charge < -0.3 is 20.3 Å². The first-order chi connectivity index (χ1) is 12.6. The van der Waals surface area contributed by atoms with Gasteiger partial charge in [0.15, 0.2) is 0 Å². The summed E-state index contributed by atoms with van der Waals surface area (Å²) in [6, 6.07) is 8.55. The van der Waals surface area contributed by atoms with Crippen molar-refractivity contribution >= 4 is 12.0 Å². The summed E-state index contributed by atoms with van der Waals surface area (Å²) in [6.45, 7) is 5.61. The van der Waals surface area contributed by atoms with Crippen molar-refractivity contribution in [3.8, 4) is 0 Å². The van der Waals surface area contributed by atoms with E-state index in [1.165, 1.54) is 0 Å². The van der Waals surface area contributed by atoms with E-state index in [0.29, 0.717) is 24.8 Å². The molecule has 2 unspecified atom stereocenters. The lowest BCUT2D eigenvalue weighted by Crippen LogP contribution is -2.52. The first kappa shape index (κ1) is 18.7. The molecule has 6 nitrogen and oxygen atoms in total. The van der Waals surface area contributed by atoms with Gasteiger partial charge in [-0.1, -0.05) is 17.7 Å². The monoisotopic (exact) mass is 359 g/mol. The molecule has 6 heteroatoms. The highest BCUT2D eigenvalue weighted by molar-refractivity contribution is 5.94. The number of hydrogen-bond donors (Lipinski definition) is 2. The zero-order valence-corrected chi connectivity index (χ0v) is 15.7. The quantitative estimate of drug-likeness (QED) is 0.766. The number of piperidine rings is 1. The molecule has 2 amide bonds. The van der Waals surface area contributed by atoms with E-state index in [1.807, 2.05) is 43.0 Å². The Morgan fingerprint density at radius 1 is 1.12 bits per heavy atom. The molecule has 142 valence electrons. The van der Waals surface area contributed by atoms with Crippen molar-refractivity contribution in [2.75, 3.05) is 19.7 Å². The molecule has 2 bridgehead atoms. The maximum absolute atomic E-state index is 12.1. The molecule has 2 heterocycles. The largest absolute Gasteiger partial charge is 0.450 e. The van der Waals surface area contributed by atoms with E-state index in [4.69, 9.17) is 4.74 Å². The number of benzene rings is 1. The molecule has 0 spiro atoms. The summed E-state index contributed by atoms with van der Waals surface area (Å²) in [5, 5.41) is 6.49. The number of nitrogens with one attached hydrogen (secondary N) is 2. The summed E-state index contributed by atoms with van der Waals surface area (Å²) >= 11 is 0. The van der Waals surface area contributed by atoms with Crippen LogP contribution in [0.2, 0.25) is 0 Å². The predicted octanol–water partition coefficient (Wildman–Crippen LogP) is 2.47. The van der Waals surface area contributed by atoms with Gasteiger partial charge in [0.25, 0.3) is 5.91 Å². The highest BCUT2D eigenvalue weighted by Gasteiger charge is 2.43. The summed E-state index contributed by atoms with van der Waals surface area (Å²) in [7, 11) is 0. The van der Waals surface area contributed by atoms with E-state index in [-0.39, 0.29) is 24.1 Å². The third kappa shape index (κ3) is 4.36. The van der Waals surface area contributed by atoms with Crippen molar-refractivity contribution in [3.05, 3.63) is 35.4 Å². The SMILES string of the molecule is CCOC(=O)N1C2CCC1CC(NCCNC(=O)c1ccc(C)cc1)C2. The lowest BCUT2D eigenvalue weighted by molar-refractivity contribution is 0.0659. The van der Waals surface area contributed by atoms with Crippen LogP contribution in [0.4, 0.5) is 4.79 Å². The van der Waals surface area contributed by atoms with Gasteiger partial charge in [-0.05, 0) is 51.7 Å². The van der Waals surface area contributed by atoms with Gasteiger partial charge in [0.2, 0.25) is 0 Å². The number of carbonyl (C=O) groups is 2. The molecule has 0 aliphatic carbocycles. The molecule has 0 aromatic heterocycles. The second-order valence-electron chi connectivity index (χ2n) is 7.24. The molecule has 2 N–H and O–H groups in total. The second-order valence-corrected chi connectivity index (χ2v) is 7.24. The van der Waals surface area contributed by atoms with Crippen LogP contribution < -0.4 is 10.6 Å². The van der Waals surface area contributed by atoms with Crippen molar-refractivity contribution < 1.29 is 14.3 Å². The summed E-state index contributed by atoms with van der Waals surface area (Å²) in [6.07, 6.45) is 3.88. The van der Waals surface area contributed by atoms with Crippen molar-refractivity contribution in [2.24, 2.45) is 0 Å². The average Bonchev–Trinajstić information content (AvgIpc) is 2.90. The minimum absolute atomic E-state index is 0.0380. The summed E-state index contributed by atoms with van der Waals surface area (Å²) in [5.41, 5.74) is 1.84. The fourth-order valence-corrected chi connectivity index (χ4v) is 4.10. The van der Waals surface area contributed by atoms with E-state index in [9.17, 15) is 9.59 Å². The third-order valence-corrected chi connectivity index (χ3v) is 5.37. The molecule has 2 atom stereocenters. The topological polar surface area (TPSA) is 70.7 Å². The van der Waals surface area contributed by atoms with Gasteiger partial charge >= 0.3 is 6.09 Å². The number of carbonyl (C=O) groups excluding carboxylic acids is 2. The Kier molecular flexibility index (Phi) is 6.14. The van der Waals surface area contributed by atoms with Gasteiger partial charge in [-0.25, -0.2) is 4.79 Å². The van der Waals surface area contributed by atoms with Crippen LogP contribution in [0.3, 0.4) is 0 Å². The molecule has 2 fully saturated rings. The number of amides is 2. The van der Waals surface area contributed by atoms with Crippen molar-refractivity contribution in [1.82, 2.24) is 15.5 Å². The van der Waals surface area contributed by atoms with Crippen molar-refractivity contribution in [1.29, 1.82) is 0 Å². The van der Waals surface area contributed by atoms with Crippen LogP contribution in [-0.2, 0) is 4.74 Å². The summed E-state index contributed by atoms with van der Waals surface area (Å²) in [5.74, 6) is -0.0380. The molecule has 1 aromatic carbocycles. The Morgan fingerprint density at radius 2 is 1.77 bits per heavy atom. The van der Waals surface area contributed by atoms with Crippen LogP contribution in [-0.4, -0.2) is 54.7 Å². The van der Waals surface area contributed by atoms with Gasteiger partial charge in [0, 0.05) is 36.8 Å². The molecule has 0 radical (unpaired) electrons. The molecule has 2 saturated heterocycles. The van der Waals surface area contributed by atoms with Crippen LogP contribution in [0.1, 0.15) is 48.5 Å². The fraction of sp³-hybridized carbons (Fsp3) is 0.600. The minimum atomic E-state index is -0.163. The number of fused-ring (bicyclic) bond motifs is 2. The van der Waals surface area contributed by atoms with Crippen LogP contribution in [0.15, 0.2) is 24.3 Å². The molecule has 2 aliphatic rings. The molecule has 3 rings (SSSR count). The highest BCUT2D eigenvalue weighted by atomic mass is 16.6. The van der Waals surface area contributed by atoms with Gasteiger partial charge in [-0.2, -0.15) is 0 Å².